The summed E-state index contributed by atoms with van der Waals surface area (Å²) in [5, 5.41) is 3.25. The number of aromatic nitrogens is 6. The van der Waals surface area contributed by atoms with Crippen molar-refractivity contribution >= 4 is 29.4 Å². The number of methoxy groups -OCH3 is 2. The largest absolute Gasteiger partial charge is 0.496 e. The highest BCUT2D eigenvalue weighted by molar-refractivity contribution is 6.02. The fourth-order valence-electron chi connectivity index (χ4n) is 5.12. The summed E-state index contributed by atoms with van der Waals surface area (Å²) in [5.41, 5.74) is 26.4. The number of aliphatic imine (C=N–C) groups is 1. The van der Waals surface area contributed by atoms with Crippen LogP contribution in [0.15, 0.2) is 54.0 Å². The normalized spacial score (nSPS) is 12.0. The van der Waals surface area contributed by atoms with Crippen molar-refractivity contribution < 1.29 is 18.9 Å². The molecule has 10 N–H and O–H groups in total. The van der Waals surface area contributed by atoms with Gasteiger partial charge in [-0.1, -0.05) is 35.1 Å². The second-order valence-electron chi connectivity index (χ2n) is 11.7. The van der Waals surface area contributed by atoms with Gasteiger partial charge in [0.15, 0.2) is 23.1 Å². The Morgan fingerprint density at radius 2 is 1.18 bits per heavy atom. The molecular weight excluding hydrogens is 652 g/mol. The van der Waals surface area contributed by atoms with Gasteiger partial charge in [-0.3, -0.25) is 4.99 Å². The zero-order valence-electron chi connectivity index (χ0n) is 28.8. The van der Waals surface area contributed by atoms with Crippen LogP contribution in [-0.4, -0.2) is 63.0 Å². The molecule has 0 fully saturated rings. The van der Waals surface area contributed by atoms with E-state index >= 15 is 0 Å². The Morgan fingerprint density at radius 3 is 1.59 bits per heavy atom. The van der Waals surface area contributed by atoms with Crippen molar-refractivity contribution in [3.8, 4) is 45.9 Å². The second-order valence-corrected chi connectivity index (χ2v) is 11.7. The number of H-pyrrole nitrogens is 1. The molecule has 5 aromatic rings. The van der Waals surface area contributed by atoms with Crippen molar-refractivity contribution in [2.45, 2.75) is 47.0 Å². The summed E-state index contributed by atoms with van der Waals surface area (Å²) < 4.78 is 23.1. The lowest BCUT2D eigenvalue weighted by atomic mass is 9.99. The SMILES string of the molecule is C.COc1cc(C(C)C)c(Oc2cnc(N)nc2N)cc1-c1ncc[nH]1.COc1cc(C(C)C)c(Oc2cnc(N)nc2N)cc1C1=NCCN1. The molecule has 3 aromatic heterocycles. The van der Waals surface area contributed by atoms with Crippen LogP contribution in [0.2, 0.25) is 0 Å². The molecule has 16 nitrogen and oxygen atoms in total. The maximum absolute atomic E-state index is 6.01. The average molecular weight is 699 g/mol. The maximum atomic E-state index is 6.01. The minimum absolute atomic E-state index is 0. The number of amidine groups is 1. The van der Waals surface area contributed by atoms with Crippen LogP contribution in [-0.2, 0) is 0 Å². The third-order valence-electron chi connectivity index (χ3n) is 7.63. The highest BCUT2D eigenvalue weighted by Gasteiger charge is 2.21. The first-order chi connectivity index (χ1) is 24.0. The summed E-state index contributed by atoms with van der Waals surface area (Å²) >= 11 is 0. The number of nitrogens with one attached hydrogen (secondary N) is 2. The Kier molecular flexibility index (Phi) is 12.0. The van der Waals surface area contributed by atoms with Crippen LogP contribution in [0.4, 0.5) is 23.5 Å². The van der Waals surface area contributed by atoms with E-state index in [1.54, 1.807) is 26.6 Å². The average Bonchev–Trinajstić information content (AvgIpc) is 3.83. The molecule has 0 atom stereocenters. The zero-order valence-corrected chi connectivity index (χ0v) is 28.8. The van der Waals surface area contributed by atoms with E-state index in [9.17, 15) is 0 Å². The Morgan fingerprint density at radius 1 is 0.667 bits per heavy atom. The van der Waals surface area contributed by atoms with E-state index in [1.807, 2.05) is 24.3 Å². The maximum Gasteiger partial charge on any atom is 0.222 e. The fourth-order valence-corrected chi connectivity index (χ4v) is 5.12. The van der Waals surface area contributed by atoms with Gasteiger partial charge in [0, 0.05) is 30.1 Å². The molecule has 0 unspecified atom stereocenters. The summed E-state index contributed by atoms with van der Waals surface area (Å²) in [6.45, 7) is 9.83. The molecule has 0 radical (unpaired) electrons. The second kappa shape index (κ2) is 16.4. The molecule has 0 aliphatic carbocycles. The highest BCUT2D eigenvalue weighted by Crippen LogP contribution is 2.41. The van der Waals surface area contributed by atoms with E-state index in [-0.39, 0.29) is 42.8 Å². The minimum Gasteiger partial charge on any atom is -0.496 e. The fraction of sp³-hybridized carbons (Fsp3) is 0.314. The van der Waals surface area contributed by atoms with Gasteiger partial charge in [-0.05, 0) is 36.1 Å². The number of aromatic amines is 1. The van der Waals surface area contributed by atoms with Crippen LogP contribution in [0.5, 0.6) is 34.5 Å². The van der Waals surface area contributed by atoms with E-state index < -0.39 is 0 Å². The molecule has 0 bridgehead atoms. The van der Waals surface area contributed by atoms with Crippen molar-refractivity contribution in [2.24, 2.45) is 4.99 Å². The molecule has 1 aliphatic rings. The molecule has 1 aliphatic heterocycles. The van der Waals surface area contributed by atoms with Crippen molar-refractivity contribution in [3.63, 3.8) is 0 Å². The smallest absolute Gasteiger partial charge is 0.222 e. The lowest BCUT2D eigenvalue weighted by Gasteiger charge is -2.18. The monoisotopic (exact) mass is 698 g/mol. The van der Waals surface area contributed by atoms with Crippen LogP contribution in [0.3, 0.4) is 0 Å². The predicted octanol–water partition coefficient (Wildman–Crippen LogP) is 5.51. The number of rotatable bonds is 10. The Bertz CT molecular complexity index is 1980. The zero-order chi connectivity index (χ0) is 35.9. The first-order valence-electron chi connectivity index (χ1n) is 15.8. The number of nitrogens with zero attached hydrogens (tertiary/aromatic N) is 6. The summed E-state index contributed by atoms with van der Waals surface area (Å²) in [6, 6.07) is 7.67. The topological polar surface area (TPSA) is 246 Å². The van der Waals surface area contributed by atoms with E-state index in [2.05, 4.69) is 67.9 Å². The van der Waals surface area contributed by atoms with Crippen LogP contribution >= 0.6 is 0 Å². The molecule has 0 amide bonds. The molecular formula is C35H46N12O4. The number of imidazole rings is 1. The Balaban J connectivity index is 0.000000224. The number of hydrogen-bond donors (Lipinski definition) is 6. The first kappa shape index (κ1) is 37.5. The number of nitrogen functional groups attached to an aromatic ring is 4. The molecule has 2 aromatic carbocycles. The summed E-state index contributed by atoms with van der Waals surface area (Å²) in [5.74, 6) is 5.88. The van der Waals surface area contributed by atoms with Gasteiger partial charge >= 0.3 is 0 Å². The van der Waals surface area contributed by atoms with Gasteiger partial charge in [0.2, 0.25) is 11.9 Å². The van der Waals surface area contributed by atoms with Gasteiger partial charge < -0.3 is 52.2 Å². The lowest BCUT2D eigenvalue weighted by molar-refractivity contribution is 0.410. The summed E-state index contributed by atoms with van der Waals surface area (Å²) in [7, 11) is 3.27. The van der Waals surface area contributed by atoms with Gasteiger partial charge in [0.05, 0.1) is 44.3 Å². The molecule has 0 saturated carbocycles. The Labute approximate surface area is 297 Å². The van der Waals surface area contributed by atoms with Gasteiger partial charge in [-0.2, -0.15) is 9.97 Å². The van der Waals surface area contributed by atoms with E-state index in [0.717, 1.165) is 46.9 Å². The standard InChI is InChI=1S/C17H22N6O2.C17H20N6O2.CH4/c2*1-9(2)10-6-12(24-3)11(16-20-4-5-21-16)7-13(10)25-14-8-22-17(19)23-15(14)18;/h6-9H,4-5H2,1-3H3,(H,20,21)(H4,18,19,22,23);4-9H,1-3H3,(H,20,21)(H4,18,19,22,23);1H4. The van der Waals surface area contributed by atoms with Gasteiger partial charge in [0.1, 0.15) is 34.7 Å². The van der Waals surface area contributed by atoms with Crippen LogP contribution < -0.4 is 47.2 Å². The Hall–Kier alpha value is -6.32. The quantitative estimate of drug-likeness (QED) is 0.105. The molecule has 6 rings (SSSR count). The number of ether oxygens (including phenoxy) is 4. The van der Waals surface area contributed by atoms with E-state index in [0.29, 0.717) is 34.6 Å². The number of anilines is 4. The van der Waals surface area contributed by atoms with E-state index in [1.165, 1.54) is 12.4 Å². The third-order valence-corrected chi connectivity index (χ3v) is 7.63. The molecule has 4 heterocycles. The van der Waals surface area contributed by atoms with Gasteiger partial charge in [-0.25, -0.2) is 15.0 Å². The van der Waals surface area contributed by atoms with Gasteiger partial charge in [0.25, 0.3) is 0 Å². The first-order valence-corrected chi connectivity index (χ1v) is 15.8. The lowest BCUT2D eigenvalue weighted by Crippen LogP contribution is -2.20. The van der Waals surface area contributed by atoms with Crippen molar-refractivity contribution in [2.75, 3.05) is 50.2 Å². The number of hydrogen-bond acceptors (Lipinski definition) is 15. The number of benzene rings is 2. The molecule has 0 saturated heterocycles. The molecule has 0 spiro atoms. The van der Waals surface area contributed by atoms with Crippen LogP contribution in [0, 0.1) is 0 Å². The van der Waals surface area contributed by atoms with Crippen LogP contribution in [0.1, 0.15) is 63.6 Å². The summed E-state index contributed by atoms with van der Waals surface area (Å²) in [4.78, 5) is 27.6. The highest BCUT2D eigenvalue weighted by atomic mass is 16.5. The van der Waals surface area contributed by atoms with E-state index in [4.69, 9.17) is 41.9 Å². The predicted molar refractivity (Wildman–Crippen MR) is 200 cm³/mol. The molecule has 51 heavy (non-hydrogen) atoms. The minimum atomic E-state index is 0. The molecule has 270 valence electrons. The van der Waals surface area contributed by atoms with Crippen molar-refractivity contribution in [3.05, 3.63) is 65.7 Å². The summed E-state index contributed by atoms with van der Waals surface area (Å²) in [6.07, 6.45) is 6.35. The van der Waals surface area contributed by atoms with Gasteiger partial charge in [-0.15, -0.1) is 0 Å². The third kappa shape index (κ3) is 8.65. The van der Waals surface area contributed by atoms with Crippen LogP contribution in [0.25, 0.3) is 11.4 Å². The molecule has 16 heteroatoms. The van der Waals surface area contributed by atoms with Crippen molar-refractivity contribution in [1.82, 2.24) is 35.2 Å². The van der Waals surface area contributed by atoms with Crippen molar-refractivity contribution in [1.29, 1.82) is 0 Å². The number of nitrogens with two attached hydrogens (primary N) is 4.